The third-order valence-electron chi connectivity index (χ3n) is 14.4. The number of fused-ring (bicyclic) bond motifs is 10. The molecule has 2 heterocycles. The molecule has 1 aromatic heterocycles. The number of benzene rings is 9. The van der Waals surface area contributed by atoms with Crippen LogP contribution in [0, 0.1) is 0 Å². The number of hydrogen-bond donors (Lipinski definition) is 1. The largest absolute Gasteiger partial charge is 0.313 e. The topological polar surface area (TPSA) is 46.3 Å². The molecule has 4 nitrogen and oxygen atoms in total. The van der Waals surface area contributed by atoms with Crippen LogP contribution in [0.4, 0.5) is 0 Å². The summed E-state index contributed by atoms with van der Waals surface area (Å²) in [4.78, 5) is 10.6. The maximum Gasteiger partial charge on any atom is 0.235 e. The Morgan fingerprint density at radius 3 is 2.00 bits per heavy atom. The zero-order valence-corrected chi connectivity index (χ0v) is 35.0. The molecule has 0 fully saturated rings. The van der Waals surface area contributed by atoms with Gasteiger partial charge < -0.3 is 4.57 Å². The van der Waals surface area contributed by atoms with Gasteiger partial charge in [0, 0.05) is 27.6 Å². The van der Waals surface area contributed by atoms with Crippen molar-refractivity contribution in [3.8, 4) is 22.3 Å². The van der Waals surface area contributed by atoms with Gasteiger partial charge in [-0.15, -0.1) is 0 Å². The molecule has 1 atom stereocenters. The minimum Gasteiger partial charge on any atom is -0.313 e. The molecular formula is C60H41N4+. The van der Waals surface area contributed by atoms with Crippen LogP contribution in [-0.4, -0.2) is 16.2 Å². The molecular weight excluding hydrogens is 777 g/mol. The Morgan fingerprint density at radius 2 is 1.20 bits per heavy atom. The lowest BCUT2D eigenvalue weighted by molar-refractivity contribution is -0.586. The van der Waals surface area contributed by atoms with Crippen molar-refractivity contribution >= 4 is 60.7 Å². The van der Waals surface area contributed by atoms with E-state index in [1.54, 1.807) is 0 Å². The molecule has 2 N–H and O–H groups in total. The highest BCUT2D eigenvalue weighted by molar-refractivity contribution is 6.18. The molecule has 10 aromatic rings. The zero-order valence-electron chi connectivity index (χ0n) is 35.0. The van der Waals surface area contributed by atoms with E-state index in [-0.39, 0.29) is 11.6 Å². The first-order valence-corrected chi connectivity index (χ1v) is 22.5. The summed E-state index contributed by atoms with van der Waals surface area (Å²) in [5.74, 6) is 1.69. The Kier molecular flexibility index (Phi) is 7.54. The van der Waals surface area contributed by atoms with Crippen LogP contribution in [0.15, 0.2) is 216 Å². The SMILES string of the molecule is C1=CCCC(n2c3ccccc3c3cc(C4=NC(c5ccccc5)=NC(c5ccc(-c6ccc7c(c6)C6(c8ccccc8-7)c7cccc8ccc9cccc6c9c78)cc5)[NH2+]4)ccc32)=C1. The van der Waals surface area contributed by atoms with Gasteiger partial charge in [0.15, 0.2) is 5.84 Å². The van der Waals surface area contributed by atoms with Crippen LogP contribution in [0.2, 0.25) is 0 Å². The van der Waals surface area contributed by atoms with Gasteiger partial charge in [0.05, 0.1) is 22.0 Å². The molecule has 0 radical (unpaired) electrons. The van der Waals surface area contributed by atoms with E-state index in [1.807, 2.05) is 6.07 Å². The first-order chi connectivity index (χ1) is 31.7. The summed E-state index contributed by atoms with van der Waals surface area (Å²) in [5, 5.41) is 10.1. The van der Waals surface area contributed by atoms with Crippen molar-refractivity contribution in [2.45, 2.75) is 24.4 Å². The third-order valence-corrected chi connectivity index (χ3v) is 14.4. The minimum absolute atomic E-state index is 0.205. The lowest BCUT2D eigenvalue weighted by atomic mass is 9.70. The quantitative estimate of drug-likeness (QED) is 0.168. The van der Waals surface area contributed by atoms with Crippen molar-refractivity contribution in [2.24, 2.45) is 9.98 Å². The second kappa shape index (κ2) is 13.5. The first kappa shape index (κ1) is 35.7. The monoisotopic (exact) mass is 817 g/mol. The number of nitrogens with two attached hydrogens (primary N) is 1. The van der Waals surface area contributed by atoms with E-state index >= 15 is 0 Å². The van der Waals surface area contributed by atoms with E-state index in [4.69, 9.17) is 9.98 Å². The number of aliphatic imine (C=N–C) groups is 2. The van der Waals surface area contributed by atoms with Gasteiger partial charge in [-0.05, 0) is 115 Å². The highest BCUT2D eigenvalue weighted by atomic mass is 15.2. The molecule has 0 saturated heterocycles. The average Bonchev–Trinajstić information content (AvgIpc) is 3.98. The van der Waals surface area contributed by atoms with Crippen molar-refractivity contribution in [3.63, 3.8) is 0 Å². The Balaban J connectivity index is 0.858. The van der Waals surface area contributed by atoms with Crippen LogP contribution in [0.5, 0.6) is 0 Å². The van der Waals surface area contributed by atoms with Gasteiger partial charge in [0.2, 0.25) is 12.0 Å². The summed E-state index contributed by atoms with van der Waals surface area (Å²) in [7, 11) is 0. The number of amidine groups is 2. The number of para-hydroxylation sites is 1. The summed E-state index contributed by atoms with van der Waals surface area (Å²) in [6.07, 6.45) is 8.57. The van der Waals surface area contributed by atoms with Crippen molar-refractivity contribution < 1.29 is 5.32 Å². The lowest BCUT2D eigenvalue weighted by Gasteiger charge is -2.31. The number of hydrogen-bond acceptors (Lipinski definition) is 2. The van der Waals surface area contributed by atoms with Crippen molar-refractivity contribution in [2.75, 3.05) is 0 Å². The fourth-order valence-electron chi connectivity index (χ4n) is 11.6. The van der Waals surface area contributed by atoms with Crippen LogP contribution >= 0.6 is 0 Å². The van der Waals surface area contributed by atoms with Crippen LogP contribution in [0.1, 0.15) is 58.0 Å². The highest BCUT2D eigenvalue weighted by Crippen LogP contribution is 2.62. The van der Waals surface area contributed by atoms with Crippen molar-refractivity contribution in [3.05, 3.63) is 245 Å². The Hall–Kier alpha value is -7.92. The summed E-state index contributed by atoms with van der Waals surface area (Å²) >= 11 is 0. The van der Waals surface area contributed by atoms with Gasteiger partial charge in [-0.1, -0.05) is 170 Å². The summed E-state index contributed by atoms with van der Waals surface area (Å²) in [6, 6.07) is 69.7. The fraction of sp³-hybridized carbons (Fsp3) is 0.0667. The minimum atomic E-state index is -0.387. The smallest absolute Gasteiger partial charge is 0.235 e. The molecule has 0 bridgehead atoms. The standard InChI is InChI=1S/C60H40N4/c1-3-13-40(14-4-1)57-61-58(63-59(62-57)43-32-34-54-48(35-43)47-20-8-10-24-53(47)64(54)44-17-5-2-6-18-44)41-29-25-37(26-30-41)42-31-33-46-45-19-7-9-21-49(45)60(52(46)36-42)50-22-11-15-38-27-28-39-16-12-23-51(60)56(39)55(38)50/h1-5,7-17,19-36,58H,6,18H2,(H,61,62,63)/p+1. The maximum atomic E-state index is 5.31. The van der Waals surface area contributed by atoms with Crippen LogP contribution < -0.4 is 5.32 Å². The average molecular weight is 818 g/mol. The summed E-state index contributed by atoms with van der Waals surface area (Å²) in [6.45, 7) is 0. The van der Waals surface area contributed by atoms with E-state index in [9.17, 15) is 0 Å². The second-order valence-corrected chi connectivity index (χ2v) is 17.7. The Labute approximate surface area is 370 Å². The number of quaternary nitrogens is 1. The van der Waals surface area contributed by atoms with E-state index in [0.717, 1.165) is 41.2 Å². The predicted molar refractivity (Wildman–Crippen MR) is 264 cm³/mol. The molecule has 4 heteroatoms. The van der Waals surface area contributed by atoms with Gasteiger partial charge >= 0.3 is 0 Å². The maximum absolute atomic E-state index is 5.31. The van der Waals surface area contributed by atoms with Gasteiger partial charge in [-0.2, -0.15) is 4.99 Å². The zero-order chi connectivity index (χ0) is 41.9. The molecule has 14 rings (SSSR count). The van der Waals surface area contributed by atoms with Gasteiger partial charge in [-0.25, -0.2) is 4.99 Å². The van der Waals surface area contributed by atoms with E-state index < -0.39 is 0 Å². The summed E-state index contributed by atoms with van der Waals surface area (Å²) in [5.41, 5.74) is 17.2. The molecule has 1 spiro atoms. The lowest BCUT2D eigenvalue weighted by Crippen LogP contribution is -2.90. The molecule has 0 saturated carbocycles. The normalized spacial score (nSPS) is 16.8. The summed E-state index contributed by atoms with van der Waals surface area (Å²) < 4.78 is 2.44. The van der Waals surface area contributed by atoms with Crippen LogP contribution in [-0.2, 0) is 5.41 Å². The second-order valence-electron chi connectivity index (χ2n) is 17.7. The van der Waals surface area contributed by atoms with Gasteiger partial charge in [-0.3, -0.25) is 5.32 Å². The van der Waals surface area contributed by atoms with E-state index in [0.29, 0.717) is 0 Å². The number of nitrogens with zero attached hydrogens (tertiary/aromatic N) is 3. The molecule has 4 aliphatic rings. The van der Waals surface area contributed by atoms with Crippen LogP contribution in [0.3, 0.4) is 0 Å². The third kappa shape index (κ3) is 4.97. The molecule has 1 unspecified atom stereocenters. The molecule has 9 aromatic carbocycles. The number of aromatic nitrogens is 1. The van der Waals surface area contributed by atoms with Gasteiger partial charge in [0.25, 0.3) is 0 Å². The molecule has 300 valence electrons. The van der Waals surface area contributed by atoms with Crippen LogP contribution in [0.25, 0.3) is 71.3 Å². The van der Waals surface area contributed by atoms with E-state index in [1.165, 1.54) is 93.6 Å². The van der Waals surface area contributed by atoms with Crippen molar-refractivity contribution in [1.29, 1.82) is 0 Å². The molecule has 64 heavy (non-hydrogen) atoms. The molecule has 0 amide bonds. The Bertz CT molecular complexity index is 3690. The molecule has 3 aliphatic carbocycles. The predicted octanol–water partition coefficient (Wildman–Crippen LogP) is 13.1. The fourth-order valence-corrected chi connectivity index (χ4v) is 11.6. The van der Waals surface area contributed by atoms with E-state index in [2.05, 4.69) is 210 Å². The first-order valence-electron chi connectivity index (χ1n) is 22.5. The number of rotatable bonds is 5. The number of allylic oxidation sites excluding steroid dienone is 4. The highest BCUT2D eigenvalue weighted by Gasteiger charge is 2.50. The molecule has 1 aliphatic heterocycles. The van der Waals surface area contributed by atoms with Crippen molar-refractivity contribution in [1.82, 2.24) is 4.57 Å². The Morgan fingerprint density at radius 1 is 0.516 bits per heavy atom. The van der Waals surface area contributed by atoms with Gasteiger partial charge in [0.1, 0.15) is 0 Å².